The Kier molecular flexibility index (Phi) is 3.82. The number of aromatic nitrogens is 1. The van der Waals surface area contributed by atoms with Crippen molar-refractivity contribution >= 4 is 28.6 Å². The van der Waals surface area contributed by atoms with Crippen molar-refractivity contribution in [3.8, 4) is 11.3 Å². The maximum absolute atomic E-state index is 12.1. The third-order valence-electron chi connectivity index (χ3n) is 3.24. The summed E-state index contributed by atoms with van der Waals surface area (Å²) in [6, 6.07) is 15.0. The van der Waals surface area contributed by atoms with E-state index in [0.717, 1.165) is 16.8 Å². The number of halogens is 1. The molecule has 0 bridgehead atoms. The molecule has 0 aliphatic heterocycles. The van der Waals surface area contributed by atoms with Gasteiger partial charge in [0.25, 0.3) is 0 Å². The smallest absolute Gasteiger partial charge is 0.307 e. The predicted octanol–water partition coefficient (Wildman–Crippen LogP) is 3.86. The molecule has 0 fully saturated rings. The lowest BCUT2D eigenvalue weighted by atomic mass is 10.1. The van der Waals surface area contributed by atoms with E-state index in [-0.39, 0.29) is 4.87 Å². The molecule has 0 amide bonds. The second-order valence-electron chi connectivity index (χ2n) is 4.72. The van der Waals surface area contributed by atoms with Crippen LogP contribution in [0.2, 0.25) is 5.02 Å². The largest absolute Gasteiger partial charge is 0.399 e. The third-order valence-corrected chi connectivity index (χ3v) is 4.26. The van der Waals surface area contributed by atoms with Gasteiger partial charge >= 0.3 is 4.87 Å². The van der Waals surface area contributed by atoms with Crippen molar-refractivity contribution in [2.45, 2.75) is 6.54 Å². The number of nitrogens with two attached hydrogens (primary N) is 1. The molecule has 0 radical (unpaired) electrons. The zero-order chi connectivity index (χ0) is 14.8. The van der Waals surface area contributed by atoms with Gasteiger partial charge < -0.3 is 5.73 Å². The number of anilines is 1. The van der Waals surface area contributed by atoms with E-state index in [1.54, 1.807) is 4.57 Å². The highest BCUT2D eigenvalue weighted by atomic mass is 35.5. The lowest BCUT2D eigenvalue weighted by Crippen LogP contribution is -2.15. The minimum absolute atomic E-state index is 0.0248. The number of benzene rings is 2. The van der Waals surface area contributed by atoms with Crippen molar-refractivity contribution in [3.63, 3.8) is 0 Å². The van der Waals surface area contributed by atoms with Crippen LogP contribution < -0.4 is 10.6 Å². The van der Waals surface area contributed by atoms with Crippen LogP contribution in [0.3, 0.4) is 0 Å². The lowest BCUT2D eigenvalue weighted by molar-refractivity contribution is 0.792. The molecule has 2 aromatic carbocycles. The van der Waals surface area contributed by atoms with Gasteiger partial charge in [0.2, 0.25) is 0 Å². The van der Waals surface area contributed by atoms with Gasteiger partial charge in [0.15, 0.2) is 0 Å². The minimum atomic E-state index is 0.0248. The second kappa shape index (κ2) is 5.76. The first-order valence-electron chi connectivity index (χ1n) is 6.42. The maximum Gasteiger partial charge on any atom is 0.307 e. The van der Waals surface area contributed by atoms with Gasteiger partial charge in [-0.3, -0.25) is 9.36 Å². The molecule has 106 valence electrons. The Morgan fingerprint density at radius 3 is 2.38 bits per heavy atom. The Morgan fingerprint density at radius 2 is 1.71 bits per heavy atom. The van der Waals surface area contributed by atoms with Crippen LogP contribution in [-0.4, -0.2) is 4.57 Å². The highest BCUT2D eigenvalue weighted by molar-refractivity contribution is 7.07. The number of hydrogen-bond acceptors (Lipinski definition) is 3. The van der Waals surface area contributed by atoms with E-state index in [1.807, 2.05) is 53.9 Å². The number of thiazole rings is 1. The molecule has 0 aliphatic rings. The van der Waals surface area contributed by atoms with E-state index in [2.05, 4.69) is 0 Å². The summed E-state index contributed by atoms with van der Waals surface area (Å²) >= 11 is 7.09. The van der Waals surface area contributed by atoms with E-state index in [4.69, 9.17) is 17.3 Å². The highest BCUT2D eigenvalue weighted by Gasteiger charge is 2.09. The lowest BCUT2D eigenvalue weighted by Gasteiger charge is -2.08. The average molecular weight is 317 g/mol. The van der Waals surface area contributed by atoms with Gasteiger partial charge in [-0.15, -0.1) is 0 Å². The number of nitrogen functional groups attached to an aromatic ring is 1. The van der Waals surface area contributed by atoms with E-state index in [0.29, 0.717) is 17.3 Å². The Morgan fingerprint density at radius 1 is 1.05 bits per heavy atom. The molecule has 21 heavy (non-hydrogen) atoms. The maximum atomic E-state index is 12.1. The summed E-state index contributed by atoms with van der Waals surface area (Å²) < 4.78 is 1.76. The van der Waals surface area contributed by atoms with E-state index >= 15 is 0 Å². The third kappa shape index (κ3) is 3.01. The molecule has 0 atom stereocenters. The average Bonchev–Trinajstić information content (AvgIpc) is 2.84. The summed E-state index contributed by atoms with van der Waals surface area (Å²) in [7, 11) is 0. The number of hydrogen-bond donors (Lipinski definition) is 1. The molecule has 0 unspecified atom stereocenters. The molecule has 0 saturated heterocycles. The molecule has 2 N–H and O–H groups in total. The van der Waals surface area contributed by atoms with Gasteiger partial charge in [0.05, 0.1) is 12.2 Å². The molecule has 1 heterocycles. The first kappa shape index (κ1) is 13.9. The first-order chi connectivity index (χ1) is 10.1. The summed E-state index contributed by atoms with van der Waals surface area (Å²) in [5.74, 6) is 0. The van der Waals surface area contributed by atoms with Crippen LogP contribution in [0.15, 0.2) is 58.7 Å². The van der Waals surface area contributed by atoms with Gasteiger partial charge in [0.1, 0.15) is 0 Å². The topological polar surface area (TPSA) is 48.0 Å². The van der Waals surface area contributed by atoms with Gasteiger partial charge in [0, 0.05) is 16.1 Å². The Hall–Kier alpha value is -2.04. The molecule has 5 heteroatoms. The monoisotopic (exact) mass is 316 g/mol. The first-order valence-corrected chi connectivity index (χ1v) is 7.68. The van der Waals surface area contributed by atoms with Crippen molar-refractivity contribution in [2.75, 3.05) is 5.73 Å². The summed E-state index contributed by atoms with van der Waals surface area (Å²) in [5.41, 5.74) is 9.34. The van der Waals surface area contributed by atoms with Crippen LogP contribution in [0.25, 0.3) is 11.3 Å². The van der Waals surface area contributed by atoms with Gasteiger partial charge in [-0.05, 0) is 35.4 Å². The van der Waals surface area contributed by atoms with Crippen LogP contribution >= 0.6 is 22.9 Å². The van der Waals surface area contributed by atoms with Crippen molar-refractivity contribution in [3.05, 3.63) is 74.2 Å². The molecule has 3 rings (SSSR count). The SMILES string of the molecule is Nc1ccc(-c2csc(=O)n2Cc2ccc(Cl)cc2)cc1. The Labute approximate surface area is 131 Å². The Balaban J connectivity index is 1.99. The highest BCUT2D eigenvalue weighted by Crippen LogP contribution is 2.22. The van der Waals surface area contributed by atoms with E-state index in [9.17, 15) is 4.79 Å². The summed E-state index contributed by atoms with van der Waals surface area (Å²) in [6.45, 7) is 0.527. The minimum Gasteiger partial charge on any atom is -0.399 e. The fourth-order valence-electron chi connectivity index (χ4n) is 2.13. The van der Waals surface area contributed by atoms with Crippen LogP contribution in [0.1, 0.15) is 5.56 Å². The Bertz CT molecular complexity index is 804. The summed E-state index contributed by atoms with van der Waals surface area (Å²) in [6.07, 6.45) is 0. The van der Waals surface area contributed by atoms with Crippen molar-refractivity contribution in [2.24, 2.45) is 0 Å². The standard InChI is InChI=1S/C16H13ClN2OS/c17-13-5-1-11(2-6-13)9-19-15(10-21-16(19)20)12-3-7-14(18)8-4-12/h1-8,10H,9,18H2. The van der Waals surface area contributed by atoms with Crippen molar-refractivity contribution in [1.29, 1.82) is 0 Å². The van der Waals surface area contributed by atoms with Crippen molar-refractivity contribution in [1.82, 2.24) is 4.57 Å². The molecule has 0 aliphatic carbocycles. The quantitative estimate of drug-likeness (QED) is 0.746. The molecule has 0 spiro atoms. The van der Waals surface area contributed by atoms with Crippen LogP contribution in [-0.2, 0) is 6.54 Å². The summed E-state index contributed by atoms with van der Waals surface area (Å²) in [5, 5.41) is 2.57. The van der Waals surface area contributed by atoms with Gasteiger partial charge in [-0.2, -0.15) is 0 Å². The zero-order valence-corrected chi connectivity index (χ0v) is 12.7. The van der Waals surface area contributed by atoms with E-state index in [1.165, 1.54) is 11.3 Å². The van der Waals surface area contributed by atoms with E-state index < -0.39 is 0 Å². The molecule has 0 saturated carbocycles. The van der Waals surface area contributed by atoms with Crippen LogP contribution in [0, 0.1) is 0 Å². The van der Waals surface area contributed by atoms with Gasteiger partial charge in [-0.25, -0.2) is 0 Å². The zero-order valence-electron chi connectivity index (χ0n) is 11.1. The molecule has 3 aromatic rings. The van der Waals surface area contributed by atoms with Crippen LogP contribution in [0.4, 0.5) is 5.69 Å². The molecular weight excluding hydrogens is 304 g/mol. The number of nitrogens with zero attached hydrogens (tertiary/aromatic N) is 1. The molecule has 1 aromatic heterocycles. The second-order valence-corrected chi connectivity index (χ2v) is 5.98. The number of rotatable bonds is 3. The van der Waals surface area contributed by atoms with Crippen molar-refractivity contribution < 1.29 is 0 Å². The predicted molar refractivity (Wildman–Crippen MR) is 89.0 cm³/mol. The molecular formula is C16H13ClN2OS. The molecule has 3 nitrogen and oxygen atoms in total. The van der Waals surface area contributed by atoms with Crippen LogP contribution in [0.5, 0.6) is 0 Å². The fraction of sp³-hybridized carbons (Fsp3) is 0.0625. The summed E-state index contributed by atoms with van der Waals surface area (Å²) in [4.78, 5) is 12.1. The fourth-order valence-corrected chi connectivity index (χ4v) is 3.02. The van der Waals surface area contributed by atoms with Gasteiger partial charge in [-0.1, -0.05) is 47.2 Å². The normalized spacial score (nSPS) is 10.7.